The summed E-state index contributed by atoms with van der Waals surface area (Å²) in [5, 5.41) is 1.76. The second-order valence-electron chi connectivity index (χ2n) is 4.30. The average Bonchev–Trinajstić information content (AvgIpc) is 2.26. The number of allylic oxidation sites excluding steroid dienone is 3. The molecule has 0 saturated carbocycles. The molecule has 0 fully saturated rings. The minimum Gasteiger partial charge on any atom is -0.0883 e. The Balaban J connectivity index is 3.16. The Labute approximate surface area is 118 Å². The summed E-state index contributed by atoms with van der Waals surface area (Å²) in [6.45, 7) is 8.34. The number of alkyl halides is 1. The van der Waals surface area contributed by atoms with Crippen molar-refractivity contribution in [3.05, 3.63) is 51.1 Å². The highest BCUT2D eigenvalue weighted by atomic mass is 79.9. The molecule has 0 atom stereocenters. The Morgan fingerprint density at radius 1 is 1.29 bits per heavy atom. The summed E-state index contributed by atoms with van der Waals surface area (Å²) >= 11 is 9.67. The van der Waals surface area contributed by atoms with Crippen molar-refractivity contribution in [1.29, 1.82) is 0 Å². The lowest BCUT2D eigenvalue weighted by Crippen LogP contribution is -1.91. The van der Waals surface area contributed by atoms with Crippen LogP contribution in [0.25, 0.3) is 6.08 Å². The van der Waals surface area contributed by atoms with Crippen LogP contribution in [0.1, 0.15) is 29.2 Å². The van der Waals surface area contributed by atoms with Gasteiger partial charge < -0.3 is 0 Å². The molecule has 0 spiro atoms. The average molecular weight is 314 g/mol. The Morgan fingerprint density at radius 2 is 1.94 bits per heavy atom. The normalized spacial score (nSPS) is 12.5. The van der Waals surface area contributed by atoms with Gasteiger partial charge in [-0.05, 0) is 49.9 Å². The largest absolute Gasteiger partial charge is 0.0883 e. The molecule has 0 aromatic heterocycles. The number of hydrogen-bond acceptors (Lipinski definition) is 0. The monoisotopic (exact) mass is 312 g/mol. The third-order valence-corrected chi connectivity index (χ3v) is 3.75. The van der Waals surface area contributed by atoms with E-state index in [-0.39, 0.29) is 0 Å². The number of aryl methyl sites for hydroxylation is 2. The highest BCUT2D eigenvalue weighted by molar-refractivity contribution is 9.09. The molecule has 17 heavy (non-hydrogen) atoms. The smallest absolute Gasteiger partial charge is 0.0470 e. The van der Waals surface area contributed by atoms with Crippen LogP contribution in [-0.4, -0.2) is 5.33 Å². The SMILES string of the molecule is CC(/C=C/c1c(C)cc(C)c(Cl)c1C)=C\CBr. The predicted octanol–water partition coefficient (Wildman–Crippen LogP) is 5.62. The highest BCUT2D eigenvalue weighted by Gasteiger charge is 2.06. The van der Waals surface area contributed by atoms with Crippen LogP contribution >= 0.6 is 27.5 Å². The minimum absolute atomic E-state index is 0.873. The summed E-state index contributed by atoms with van der Waals surface area (Å²) in [4.78, 5) is 0. The zero-order valence-corrected chi connectivity index (χ0v) is 13.1. The van der Waals surface area contributed by atoms with Crippen LogP contribution in [0.15, 0.2) is 23.8 Å². The molecular formula is C15H18BrCl. The fourth-order valence-corrected chi connectivity index (χ4v) is 2.50. The summed E-state index contributed by atoms with van der Waals surface area (Å²) in [7, 11) is 0. The molecular weight excluding hydrogens is 296 g/mol. The molecule has 0 saturated heterocycles. The first-order chi connectivity index (χ1) is 7.97. The van der Waals surface area contributed by atoms with Crippen molar-refractivity contribution in [1.82, 2.24) is 0 Å². The van der Waals surface area contributed by atoms with E-state index in [4.69, 9.17) is 11.6 Å². The van der Waals surface area contributed by atoms with Crippen molar-refractivity contribution in [2.45, 2.75) is 27.7 Å². The Morgan fingerprint density at radius 3 is 2.53 bits per heavy atom. The van der Waals surface area contributed by atoms with Gasteiger partial charge in [0.1, 0.15) is 0 Å². The molecule has 1 aromatic rings. The number of halogens is 2. The van der Waals surface area contributed by atoms with Gasteiger partial charge in [0.2, 0.25) is 0 Å². The molecule has 2 heteroatoms. The fraction of sp³-hybridized carbons (Fsp3) is 0.333. The molecule has 0 aliphatic rings. The van der Waals surface area contributed by atoms with Crippen molar-refractivity contribution in [3.63, 3.8) is 0 Å². The van der Waals surface area contributed by atoms with Crippen molar-refractivity contribution < 1.29 is 0 Å². The van der Waals surface area contributed by atoms with Gasteiger partial charge in [-0.25, -0.2) is 0 Å². The van der Waals surface area contributed by atoms with Gasteiger partial charge in [0.25, 0.3) is 0 Å². The molecule has 1 aromatic carbocycles. The van der Waals surface area contributed by atoms with Gasteiger partial charge in [-0.3, -0.25) is 0 Å². The van der Waals surface area contributed by atoms with E-state index < -0.39 is 0 Å². The summed E-state index contributed by atoms with van der Waals surface area (Å²) in [5.41, 5.74) is 6.05. The van der Waals surface area contributed by atoms with Gasteiger partial charge in [0.05, 0.1) is 0 Å². The van der Waals surface area contributed by atoms with E-state index in [2.05, 4.69) is 61.0 Å². The van der Waals surface area contributed by atoms with E-state index in [9.17, 15) is 0 Å². The van der Waals surface area contributed by atoms with E-state index in [0.29, 0.717) is 0 Å². The van der Waals surface area contributed by atoms with Crippen LogP contribution in [-0.2, 0) is 0 Å². The Bertz CT molecular complexity index is 470. The molecule has 0 N–H and O–H groups in total. The summed E-state index contributed by atoms with van der Waals surface area (Å²) in [6, 6.07) is 2.14. The molecule has 0 bridgehead atoms. The van der Waals surface area contributed by atoms with Crippen LogP contribution in [0.2, 0.25) is 5.02 Å². The van der Waals surface area contributed by atoms with Crippen molar-refractivity contribution in [2.75, 3.05) is 5.33 Å². The van der Waals surface area contributed by atoms with Gasteiger partial charge in [0.15, 0.2) is 0 Å². The maximum Gasteiger partial charge on any atom is 0.0470 e. The van der Waals surface area contributed by atoms with E-state index in [1.54, 1.807) is 0 Å². The molecule has 0 heterocycles. The molecule has 0 aliphatic carbocycles. The molecule has 0 radical (unpaired) electrons. The van der Waals surface area contributed by atoms with Crippen LogP contribution < -0.4 is 0 Å². The Hall–Kier alpha value is -0.530. The van der Waals surface area contributed by atoms with Gasteiger partial charge in [-0.15, -0.1) is 0 Å². The van der Waals surface area contributed by atoms with E-state index >= 15 is 0 Å². The second kappa shape index (κ2) is 6.42. The number of benzene rings is 1. The summed E-state index contributed by atoms with van der Waals surface area (Å²) < 4.78 is 0. The molecule has 0 unspecified atom stereocenters. The zero-order chi connectivity index (χ0) is 13.0. The zero-order valence-electron chi connectivity index (χ0n) is 10.8. The third kappa shape index (κ3) is 3.72. The molecule has 0 nitrogen and oxygen atoms in total. The first-order valence-corrected chi connectivity index (χ1v) is 7.14. The van der Waals surface area contributed by atoms with Crippen molar-refractivity contribution in [2.24, 2.45) is 0 Å². The van der Waals surface area contributed by atoms with E-state index in [1.165, 1.54) is 16.7 Å². The van der Waals surface area contributed by atoms with Crippen molar-refractivity contribution >= 4 is 33.6 Å². The summed E-state index contributed by atoms with van der Waals surface area (Å²) in [5.74, 6) is 0. The maximum atomic E-state index is 6.28. The lowest BCUT2D eigenvalue weighted by atomic mass is 9.99. The highest BCUT2D eigenvalue weighted by Crippen LogP contribution is 2.27. The van der Waals surface area contributed by atoms with Gasteiger partial charge in [0, 0.05) is 10.4 Å². The van der Waals surface area contributed by atoms with E-state index in [0.717, 1.165) is 21.5 Å². The maximum absolute atomic E-state index is 6.28. The van der Waals surface area contributed by atoms with Crippen LogP contribution in [0.5, 0.6) is 0 Å². The molecule has 92 valence electrons. The lowest BCUT2D eigenvalue weighted by Gasteiger charge is -2.10. The van der Waals surface area contributed by atoms with Gasteiger partial charge in [-0.2, -0.15) is 0 Å². The van der Waals surface area contributed by atoms with Crippen molar-refractivity contribution in [3.8, 4) is 0 Å². The van der Waals surface area contributed by atoms with Crippen LogP contribution in [0.4, 0.5) is 0 Å². The third-order valence-electron chi connectivity index (χ3n) is 2.85. The van der Waals surface area contributed by atoms with Crippen LogP contribution in [0.3, 0.4) is 0 Å². The molecule has 0 amide bonds. The quantitative estimate of drug-likeness (QED) is 0.502. The lowest BCUT2D eigenvalue weighted by molar-refractivity contribution is 1.30. The number of hydrogen-bond donors (Lipinski definition) is 0. The summed E-state index contributed by atoms with van der Waals surface area (Å²) in [6.07, 6.45) is 6.41. The fourth-order valence-electron chi connectivity index (χ4n) is 1.84. The molecule has 0 aliphatic heterocycles. The van der Waals surface area contributed by atoms with Crippen LogP contribution in [0, 0.1) is 20.8 Å². The van der Waals surface area contributed by atoms with E-state index in [1.807, 2.05) is 6.92 Å². The first-order valence-electron chi connectivity index (χ1n) is 5.64. The van der Waals surface area contributed by atoms with Gasteiger partial charge in [-0.1, -0.05) is 57.4 Å². The topological polar surface area (TPSA) is 0 Å². The molecule has 1 rings (SSSR count). The minimum atomic E-state index is 0.873. The predicted molar refractivity (Wildman–Crippen MR) is 82.2 cm³/mol. The first kappa shape index (κ1) is 14.5. The second-order valence-corrected chi connectivity index (χ2v) is 5.32. The number of rotatable bonds is 3. The Kier molecular flexibility index (Phi) is 5.48. The van der Waals surface area contributed by atoms with Gasteiger partial charge >= 0.3 is 0 Å². The standard InChI is InChI=1S/C15H18BrCl/c1-10(7-8-16)5-6-14-11(2)9-12(3)15(17)13(14)4/h5-7,9H,8H2,1-4H3/b6-5+,10-7+.